The number of hydrogen-bond donors (Lipinski definition) is 3. The molecule has 4 aromatic rings. The SMILES string of the molecule is NCc1cccc(-n2nc(C(F)(F)F)cc2C(=O)Nc2cc([C@@](O)(CCC3CC3)c3ccccc3)ccc2F)c1. The lowest BCUT2D eigenvalue weighted by molar-refractivity contribution is -0.141. The Morgan fingerprint density at radius 1 is 1.00 bits per heavy atom. The smallest absolute Gasteiger partial charge is 0.380 e. The molecule has 0 radical (unpaired) electrons. The number of nitrogens with one attached hydrogen (secondary N) is 1. The molecule has 0 unspecified atom stereocenters. The minimum absolute atomic E-state index is 0.131. The third kappa shape index (κ3) is 5.78. The van der Waals surface area contributed by atoms with E-state index in [1.165, 1.54) is 24.3 Å². The van der Waals surface area contributed by atoms with Gasteiger partial charge in [0, 0.05) is 12.6 Å². The van der Waals surface area contributed by atoms with E-state index < -0.39 is 34.9 Å². The maximum Gasteiger partial charge on any atom is 0.435 e. The summed E-state index contributed by atoms with van der Waals surface area (Å²) in [6, 6.07) is 19.8. The number of aliphatic hydroxyl groups is 1. The summed E-state index contributed by atoms with van der Waals surface area (Å²) in [6.07, 6.45) is -1.47. The molecular formula is C30H28F4N4O2. The maximum atomic E-state index is 15.0. The zero-order valence-corrected chi connectivity index (χ0v) is 21.5. The molecule has 1 amide bonds. The van der Waals surface area contributed by atoms with Crippen LogP contribution < -0.4 is 11.1 Å². The summed E-state index contributed by atoms with van der Waals surface area (Å²) < 4.78 is 56.5. The van der Waals surface area contributed by atoms with Crippen LogP contribution in [0.4, 0.5) is 23.2 Å². The zero-order valence-electron chi connectivity index (χ0n) is 21.5. The van der Waals surface area contributed by atoms with Gasteiger partial charge in [-0.05, 0) is 59.7 Å². The monoisotopic (exact) mass is 552 g/mol. The number of anilines is 1. The number of nitrogens with two attached hydrogens (primary N) is 1. The van der Waals surface area contributed by atoms with Gasteiger partial charge in [0.25, 0.3) is 5.91 Å². The number of aromatic nitrogens is 2. The van der Waals surface area contributed by atoms with Crippen molar-refractivity contribution in [2.45, 2.75) is 44.0 Å². The number of benzene rings is 3. The van der Waals surface area contributed by atoms with Crippen LogP contribution in [-0.4, -0.2) is 20.8 Å². The number of hydrogen-bond acceptors (Lipinski definition) is 4. The lowest BCUT2D eigenvalue weighted by atomic mass is 9.82. The Morgan fingerprint density at radius 2 is 1.75 bits per heavy atom. The van der Waals surface area contributed by atoms with Crippen LogP contribution in [0.5, 0.6) is 0 Å². The molecule has 0 bridgehead atoms. The minimum Gasteiger partial charge on any atom is -0.380 e. The van der Waals surface area contributed by atoms with Gasteiger partial charge in [0.05, 0.1) is 11.4 Å². The van der Waals surface area contributed by atoms with Crippen LogP contribution in [0, 0.1) is 11.7 Å². The number of carbonyl (C=O) groups is 1. The third-order valence-corrected chi connectivity index (χ3v) is 7.18. The van der Waals surface area contributed by atoms with E-state index >= 15 is 0 Å². The Morgan fingerprint density at radius 3 is 2.42 bits per heavy atom. The molecular weight excluding hydrogens is 524 g/mol. The molecule has 208 valence electrons. The van der Waals surface area contributed by atoms with Gasteiger partial charge in [-0.1, -0.05) is 61.4 Å². The lowest BCUT2D eigenvalue weighted by Crippen LogP contribution is -2.28. The Hall–Kier alpha value is -4.02. The first-order chi connectivity index (χ1) is 19.1. The quantitative estimate of drug-likeness (QED) is 0.217. The highest BCUT2D eigenvalue weighted by Crippen LogP contribution is 2.42. The first-order valence-corrected chi connectivity index (χ1v) is 12.9. The standard InChI is InChI=1S/C30H28F4N4O2/c31-24-12-11-22(29(40,14-13-19-9-10-19)21-6-2-1-3-7-21)16-25(24)36-28(39)26-17-27(30(32,33)34)37-38(26)23-8-4-5-20(15-23)18-35/h1-8,11-12,15-17,19,40H,9-10,13-14,18,35H2,(H,36,39)/t29-/m1/s1. The van der Waals surface area contributed by atoms with Crippen molar-refractivity contribution in [3.8, 4) is 5.69 Å². The number of rotatable bonds is 9. The van der Waals surface area contributed by atoms with E-state index in [1.54, 1.807) is 36.4 Å². The Balaban J connectivity index is 1.51. The summed E-state index contributed by atoms with van der Waals surface area (Å²) in [6.45, 7) is 0.131. The fourth-order valence-electron chi connectivity index (χ4n) is 4.75. The van der Waals surface area contributed by atoms with Crippen LogP contribution >= 0.6 is 0 Å². The van der Waals surface area contributed by atoms with Crippen LogP contribution in [-0.2, 0) is 18.3 Å². The van der Waals surface area contributed by atoms with E-state index in [-0.39, 0.29) is 17.9 Å². The van der Waals surface area contributed by atoms with E-state index in [4.69, 9.17) is 5.73 Å². The van der Waals surface area contributed by atoms with Crippen LogP contribution in [0.2, 0.25) is 0 Å². The minimum atomic E-state index is -4.81. The Bertz CT molecular complexity index is 1520. The van der Waals surface area contributed by atoms with Crippen molar-refractivity contribution in [3.05, 3.63) is 113 Å². The van der Waals surface area contributed by atoms with Crippen molar-refractivity contribution in [3.63, 3.8) is 0 Å². The summed E-state index contributed by atoms with van der Waals surface area (Å²) in [4.78, 5) is 13.3. The number of alkyl halides is 3. The second kappa shape index (κ2) is 10.9. The van der Waals surface area contributed by atoms with Crippen molar-refractivity contribution in [1.82, 2.24) is 9.78 Å². The molecule has 40 heavy (non-hydrogen) atoms. The number of nitrogens with zero attached hydrogens (tertiary/aromatic N) is 2. The Labute approximate surface area is 228 Å². The molecule has 3 aromatic carbocycles. The third-order valence-electron chi connectivity index (χ3n) is 7.18. The average Bonchev–Trinajstić information content (AvgIpc) is 3.67. The average molecular weight is 553 g/mol. The van der Waals surface area contributed by atoms with Gasteiger partial charge < -0.3 is 16.2 Å². The molecule has 0 aliphatic heterocycles. The van der Waals surface area contributed by atoms with Crippen LogP contribution in [0.25, 0.3) is 5.69 Å². The van der Waals surface area contributed by atoms with Crippen LogP contribution in [0.3, 0.4) is 0 Å². The predicted octanol–water partition coefficient (Wildman–Crippen LogP) is 6.17. The van der Waals surface area contributed by atoms with Gasteiger partial charge >= 0.3 is 6.18 Å². The van der Waals surface area contributed by atoms with E-state index in [1.807, 2.05) is 6.07 Å². The van der Waals surface area contributed by atoms with Crippen LogP contribution in [0.15, 0.2) is 78.9 Å². The zero-order chi connectivity index (χ0) is 28.5. The first kappa shape index (κ1) is 27.5. The van der Waals surface area contributed by atoms with Crippen molar-refractivity contribution in [2.24, 2.45) is 11.7 Å². The van der Waals surface area contributed by atoms with Crippen molar-refractivity contribution in [2.75, 3.05) is 5.32 Å². The molecule has 1 aromatic heterocycles. The number of amides is 1. The molecule has 1 saturated carbocycles. The number of halogens is 4. The van der Waals surface area contributed by atoms with Gasteiger partial charge in [-0.15, -0.1) is 0 Å². The van der Waals surface area contributed by atoms with Gasteiger partial charge in [0.2, 0.25) is 0 Å². The maximum absolute atomic E-state index is 15.0. The highest BCUT2D eigenvalue weighted by atomic mass is 19.4. The Kier molecular flexibility index (Phi) is 7.48. The first-order valence-electron chi connectivity index (χ1n) is 12.9. The fourth-order valence-corrected chi connectivity index (χ4v) is 4.75. The van der Waals surface area contributed by atoms with Crippen molar-refractivity contribution in [1.29, 1.82) is 0 Å². The molecule has 6 nitrogen and oxygen atoms in total. The van der Waals surface area contributed by atoms with Gasteiger partial charge in [-0.3, -0.25) is 4.79 Å². The van der Waals surface area contributed by atoms with Crippen molar-refractivity contribution >= 4 is 11.6 Å². The molecule has 0 saturated heterocycles. The summed E-state index contributed by atoms with van der Waals surface area (Å²) in [5.74, 6) is -1.28. The molecule has 1 heterocycles. The molecule has 1 aliphatic carbocycles. The normalized spacial score (nSPS) is 15.1. The van der Waals surface area contributed by atoms with Gasteiger partial charge in [0.1, 0.15) is 17.1 Å². The van der Waals surface area contributed by atoms with E-state index in [9.17, 15) is 27.5 Å². The van der Waals surface area contributed by atoms with Crippen molar-refractivity contribution < 1.29 is 27.5 Å². The second-order valence-electron chi connectivity index (χ2n) is 10.1. The molecule has 10 heteroatoms. The topological polar surface area (TPSA) is 93.2 Å². The second-order valence-corrected chi connectivity index (χ2v) is 10.1. The van der Waals surface area contributed by atoms with Gasteiger partial charge in [-0.25, -0.2) is 9.07 Å². The highest BCUT2D eigenvalue weighted by molar-refractivity contribution is 6.03. The van der Waals surface area contributed by atoms with Gasteiger partial charge in [-0.2, -0.15) is 18.3 Å². The van der Waals surface area contributed by atoms with Gasteiger partial charge in [0.15, 0.2) is 5.69 Å². The van der Waals surface area contributed by atoms with Crippen LogP contribution in [0.1, 0.15) is 58.6 Å². The molecule has 1 fully saturated rings. The highest BCUT2D eigenvalue weighted by Gasteiger charge is 2.37. The molecule has 1 atom stereocenters. The summed E-state index contributed by atoms with van der Waals surface area (Å²) >= 11 is 0. The largest absolute Gasteiger partial charge is 0.435 e. The molecule has 4 N–H and O–H groups in total. The number of carbonyl (C=O) groups excluding carboxylic acids is 1. The van der Waals surface area contributed by atoms with E-state index in [2.05, 4.69) is 10.4 Å². The predicted molar refractivity (Wildman–Crippen MR) is 142 cm³/mol. The van der Waals surface area contributed by atoms with E-state index in [0.717, 1.165) is 30.0 Å². The molecule has 0 spiro atoms. The molecule has 1 aliphatic rings. The summed E-state index contributed by atoms with van der Waals surface area (Å²) in [7, 11) is 0. The summed E-state index contributed by atoms with van der Waals surface area (Å²) in [5.41, 5.74) is 4.01. The summed E-state index contributed by atoms with van der Waals surface area (Å²) in [5, 5.41) is 17.9. The molecule has 5 rings (SSSR count). The van der Waals surface area contributed by atoms with E-state index in [0.29, 0.717) is 35.1 Å². The lowest BCUT2D eigenvalue weighted by Gasteiger charge is -2.30. The fraction of sp³-hybridized carbons (Fsp3) is 0.267.